The number of anilines is 2. The Morgan fingerprint density at radius 3 is 2.71 bits per heavy atom. The molecule has 0 unspecified atom stereocenters. The van der Waals surface area contributed by atoms with Crippen LogP contribution in [0.25, 0.3) is 0 Å². The fourth-order valence-corrected chi connectivity index (χ4v) is 3.03. The molecule has 2 heterocycles. The summed E-state index contributed by atoms with van der Waals surface area (Å²) in [6.07, 6.45) is 2.18. The molecule has 0 aromatic heterocycles. The first-order valence-corrected chi connectivity index (χ1v) is 7.33. The number of Topliss-reactive ketones (excluding diaryl/α,β-unsaturated/α-hetero) is 1. The van der Waals surface area contributed by atoms with Gasteiger partial charge in [-0.15, -0.1) is 0 Å². The third-order valence-corrected chi connectivity index (χ3v) is 4.40. The van der Waals surface area contributed by atoms with E-state index in [4.69, 9.17) is 4.74 Å². The molecule has 112 valence electrons. The molecule has 1 fully saturated rings. The number of nitrogens with zero attached hydrogens (tertiary/aromatic N) is 2. The second-order valence-electron chi connectivity index (χ2n) is 5.83. The topological polar surface area (TPSA) is 49.9 Å². The molecule has 3 rings (SSSR count). The molecule has 0 atom stereocenters. The molecule has 0 N–H and O–H groups in total. The third kappa shape index (κ3) is 2.53. The van der Waals surface area contributed by atoms with Crippen molar-refractivity contribution in [2.75, 3.05) is 43.7 Å². The highest BCUT2D eigenvalue weighted by Crippen LogP contribution is 2.32. The van der Waals surface area contributed by atoms with Crippen molar-refractivity contribution in [2.45, 2.75) is 12.8 Å². The number of likely N-dealkylation sites (N-methyl/N-ethyl adjacent to an activating group) is 1. The zero-order valence-corrected chi connectivity index (χ0v) is 12.5. The standard InChI is InChI=1S/C16H20N2O3/c1-17(10-11-5-7-21-8-6-11)12-3-4-13-14(9-12)18(2)16(20)15(13)19/h3-4,9,11H,5-8,10H2,1-2H3. The summed E-state index contributed by atoms with van der Waals surface area (Å²) in [6, 6.07) is 5.61. The molecule has 2 aliphatic heterocycles. The van der Waals surface area contributed by atoms with Gasteiger partial charge in [-0.2, -0.15) is 0 Å². The van der Waals surface area contributed by atoms with Crippen LogP contribution in [0.3, 0.4) is 0 Å². The maximum Gasteiger partial charge on any atom is 0.299 e. The van der Waals surface area contributed by atoms with E-state index in [1.165, 1.54) is 4.90 Å². The molecule has 0 aliphatic carbocycles. The van der Waals surface area contributed by atoms with Crippen LogP contribution >= 0.6 is 0 Å². The average molecular weight is 288 g/mol. The van der Waals surface area contributed by atoms with Crippen LogP contribution in [-0.4, -0.2) is 45.5 Å². The van der Waals surface area contributed by atoms with Gasteiger partial charge in [0.1, 0.15) is 0 Å². The van der Waals surface area contributed by atoms with Gasteiger partial charge in [-0.25, -0.2) is 0 Å². The van der Waals surface area contributed by atoms with Crippen LogP contribution in [0.15, 0.2) is 18.2 Å². The van der Waals surface area contributed by atoms with Gasteiger partial charge in [-0.1, -0.05) is 0 Å². The molecular formula is C16H20N2O3. The number of ether oxygens (including phenoxy) is 1. The zero-order valence-electron chi connectivity index (χ0n) is 12.5. The van der Waals surface area contributed by atoms with E-state index in [0.29, 0.717) is 17.2 Å². The second kappa shape index (κ2) is 5.48. The van der Waals surface area contributed by atoms with Crippen LogP contribution in [0.2, 0.25) is 0 Å². The van der Waals surface area contributed by atoms with Gasteiger partial charge in [-0.05, 0) is 37.0 Å². The molecule has 1 aromatic rings. The predicted molar refractivity (Wildman–Crippen MR) is 81.0 cm³/mol. The predicted octanol–water partition coefficient (Wildman–Crippen LogP) is 1.71. The van der Waals surface area contributed by atoms with E-state index in [-0.39, 0.29) is 0 Å². The average Bonchev–Trinajstić information content (AvgIpc) is 2.73. The van der Waals surface area contributed by atoms with E-state index in [1.807, 2.05) is 12.1 Å². The van der Waals surface area contributed by atoms with Gasteiger partial charge in [0, 0.05) is 39.5 Å². The van der Waals surface area contributed by atoms with Gasteiger partial charge in [0.2, 0.25) is 0 Å². The van der Waals surface area contributed by atoms with E-state index in [2.05, 4.69) is 11.9 Å². The summed E-state index contributed by atoms with van der Waals surface area (Å²) in [6.45, 7) is 2.65. The van der Waals surface area contributed by atoms with Gasteiger partial charge >= 0.3 is 0 Å². The Labute approximate surface area is 124 Å². The van der Waals surface area contributed by atoms with Gasteiger partial charge in [-0.3, -0.25) is 9.59 Å². The molecule has 0 saturated carbocycles. The highest BCUT2D eigenvalue weighted by atomic mass is 16.5. The quantitative estimate of drug-likeness (QED) is 0.795. The van der Waals surface area contributed by atoms with Crippen molar-refractivity contribution < 1.29 is 14.3 Å². The van der Waals surface area contributed by atoms with E-state index in [1.54, 1.807) is 13.1 Å². The summed E-state index contributed by atoms with van der Waals surface area (Å²) in [4.78, 5) is 27.1. The zero-order chi connectivity index (χ0) is 15.0. The Morgan fingerprint density at radius 1 is 1.29 bits per heavy atom. The number of hydrogen-bond acceptors (Lipinski definition) is 4. The van der Waals surface area contributed by atoms with E-state index < -0.39 is 11.7 Å². The van der Waals surface area contributed by atoms with Crippen LogP contribution in [0.5, 0.6) is 0 Å². The van der Waals surface area contributed by atoms with Crippen molar-refractivity contribution in [3.05, 3.63) is 23.8 Å². The van der Waals surface area contributed by atoms with Gasteiger partial charge in [0.15, 0.2) is 0 Å². The number of carbonyl (C=O) groups excluding carboxylic acids is 2. The van der Waals surface area contributed by atoms with E-state index in [9.17, 15) is 9.59 Å². The van der Waals surface area contributed by atoms with Crippen LogP contribution in [0.1, 0.15) is 23.2 Å². The molecule has 21 heavy (non-hydrogen) atoms. The minimum atomic E-state index is -0.450. The molecule has 5 nitrogen and oxygen atoms in total. The van der Waals surface area contributed by atoms with Crippen LogP contribution in [-0.2, 0) is 9.53 Å². The Balaban J connectivity index is 1.77. The third-order valence-electron chi connectivity index (χ3n) is 4.40. The van der Waals surface area contributed by atoms with E-state index >= 15 is 0 Å². The van der Waals surface area contributed by atoms with Crippen molar-refractivity contribution in [1.29, 1.82) is 0 Å². The Hall–Kier alpha value is -1.88. The van der Waals surface area contributed by atoms with Crippen LogP contribution in [0.4, 0.5) is 11.4 Å². The summed E-state index contributed by atoms with van der Waals surface area (Å²) >= 11 is 0. The maximum absolute atomic E-state index is 11.8. The largest absolute Gasteiger partial charge is 0.381 e. The Morgan fingerprint density at radius 2 is 2.00 bits per heavy atom. The van der Waals surface area contributed by atoms with Crippen molar-refractivity contribution >= 4 is 23.1 Å². The number of hydrogen-bond donors (Lipinski definition) is 0. The smallest absolute Gasteiger partial charge is 0.299 e. The lowest BCUT2D eigenvalue weighted by atomic mass is 9.99. The van der Waals surface area contributed by atoms with Gasteiger partial charge in [0.05, 0.1) is 11.3 Å². The molecule has 0 bridgehead atoms. The van der Waals surface area contributed by atoms with Crippen LogP contribution in [0, 0.1) is 5.92 Å². The van der Waals surface area contributed by atoms with Gasteiger partial charge < -0.3 is 14.5 Å². The molecule has 2 aliphatic rings. The number of amides is 1. The molecule has 1 amide bonds. The molecular weight excluding hydrogens is 268 g/mol. The monoisotopic (exact) mass is 288 g/mol. The summed E-state index contributed by atoms with van der Waals surface area (Å²) in [5.41, 5.74) is 2.25. The van der Waals surface area contributed by atoms with Crippen molar-refractivity contribution in [2.24, 2.45) is 5.92 Å². The fraction of sp³-hybridized carbons (Fsp3) is 0.500. The van der Waals surface area contributed by atoms with Gasteiger partial charge in [0.25, 0.3) is 11.7 Å². The maximum atomic E-state index is 11.8. The van der Waals surface area contributed by atoms with Crippen molar-refractivity contribution in [3.63, 3.8) is 0 Å². The number of carbonyl (C=O) groups is 2. The summed E-state index contributed by atoms with van der Waals surface area (Å²) < 4.78 is 5.39. The number of rotatable bonds is 3. The lowest BCUT2D eigenvalue weighted by molar-refractivity contribution is -0.114. The molecule has 5 heteroatoms. The highest BCUT2D eigenvalue weighted by Gasteiger charge is 2.33. The minimum absolute atomic E-state index is 0.411. The molecule has 0 spiro atoms. The normalized spacial score (nSPS) is 19.0. The highest BCUT2D eigenvalue weighted by molar-refractivity contribution is 6.52. The van der Waals surface area contributed by atoms with Crippen molar-refractivity contribution in [1.82, 2.24) is 0 Å². The number of benzene rings is 1. The summed E-state index contributed by atoms with van der Waals surface area (Å²) in [7, 11) is 3.70. The first kappa shape index (κ1) is 14.1. The number of fused-ring (bicyclic) bond motifs is 1. The fourth-order valence-electron chi connectivity index (χ4n) is 3.03. The first-order chi connectivity index (χ1) is 10.1. The van der Waals surface area contributed by atoms with E-state index in [0.717, 1.165) is 38.3 Å². The summed E-state index contributed by atoms with van der Waals surface area (Å²) in [5, 5.41) is 0. The summed E-state index contributed by atoms with van der Waals surface area (Å²) in [5.74, 6) is -0.224. The molecule has 1 saturated heterocycles. The Bertz CT molecular complexity index is 579. The minimum Gasteiger partial charge on any atom is -0.381 e. The van der Waals surface area contributed by atoms with Crippen LogP contribution < -0.4 is 9.80 Å². The molecule has 0 radical (unpaired) electrons. The second-order valence-corrected chi connectivity index (χ2v) is 5.83. The molecule has 1 aromatic carbocycles. The Kier molecular flexibility index (Phi) is 3.68. The number of ketones is 1. The lowest BCUT2D eigenvalue weighted by Crippen LogP contribution is -2.29. The first-order valence-electron chi connectivity index (χ1n) is 7.33. The lowest BCUT2D eigenvalue weighted by Gasteiger charge is -2.28. The SMILES string of the molecule is CN(CC1CCOCC1)c1ccc2c(c1)N(C)C(=O)C2=O. The van der Waals surface area contributed by atoms with Crippen molar-refractivity contribution in [3.8, 4) is 0 Å².